The van der Waals surface area contributed by atoms with Gasteiger partial charge in [0, 0.05) is 13.7 Å². The van der Waals surface area contributed by atoms with Crippen LogP contribution in [0.4, 0.5) is 11.5 Å². The molecule has 2 aliphatic rings. The van der Waals surface area contributed by atoms with Crippen molar-refractivity contribution in [3.8, 4) is 0 Å². The first-order valence-corrected chi connectivity index (χ1v) is 7.28. The zero-order chi connectivity index (χ0) is 13.6. The van der Waals surface area contributed by atoms with E-state index in [4.69, 9.17) is 10.5 Å². The molecule has 1 aromatic heterocycles. The van der Waals surface area contributed by atoms with Crippen LogP contribution in [0.1, 0.15) is 44.7 Å². The molecule has 0 radical (unpaired) electrons. The number of ether oxygens (including phenoxy) is 1. The maximum Gasteiger partial charge on any atom is 0.148 e. The first-order chi connectivity index (χ1) is 9.08. The number of rotatable bonds is 4. The third kappa shape index (κ3) is 2.31. The molecule has 1 aliphatic heterocycles. The fourth-order valence-corrected chi connectivity index (χ4v) is 2.99. The van der Waals surface area contributed by atoms with E-state index in [9.17, 15) is 0 Å². The SMILES string of the molecule is CC(C)c1nn(C)c(NC2CCOC2C2CC2)c1N. The predicted molar refractivity (Wildman–Crippen MR) is 76.2 cm³/mol. The average Bonchev–Trinajstić information content (AvgIpc) is 3.04. The standard InChI is InChI=1S/C14H24N4O/c1-8(2)12-11(15)14(18(3)17-12)16-10-6-7-19-13(10)9-4-5-9/h8-10,13,16H,4-7,15H2,1-3H3. The second-order valence-corrected chi connectivity index (χ2v) is 6.14. The number of nitrogens with two attached hydrogens (primary N) is 1. The van der Waals surface area contributed by atoms with Gasteiger partial charge < -0.3 is 15.8 Å². The van der Waals surface area contributed by atoms with Gasteiger partial charge in [0.25, 0.3) is 0 Å². The van der Waals surface area contributed by atoms with Crippen molar-refractivity contribution in [2.24, 2.45) is 13.0 Å². The van der Waals surface area contributed by atoms with Crippen LogP contribution < -0.4 is 11.1 Å². The molecular formula is C14H24N4O. The molecule has 19 heavy (non-hydrogen) atoms. The van der Waals surface area contributed by atoms with E-state index in [-0.39, 0.29) is 0 Å². The van der Waals surface area contributed by atoms with Gasteiger partial charge in [-0.3, -0.25) is 4.68 Å². The lowest BCUT2D eigenvalue weighted by Gasteiger charge is -2.20. The van der Waals surface area contributed by atoms with Crippen molar-refractivity contribution in [2.75, 3.05) is 17.7 Å². The smallest absolute Gasteiger partial charge is 0.148 e. The zero-order valence-electron chi connectivity index (χ0n) is 12.0. The van der Waals surface area contributed by atoms with Gasteiger partial charge in [0.15, 0.2) is 0 Å². The van der Waals surface area contributed by atoms with Crippen LogP contribution in [0.2, 0.25) is 0 Å². The summed E-state index contributed by atoms with van der Waals surface area (Å²) in [5.41, 5.74) is 8.00. The lowest BCUT2D eigenvalue weighted by atomic mass is 10.1. The lowest BCUT2D eigenvalue weighted by molar-refractivity contribution is 0.0897. The highest BCUT2D eigenvalue weighted by atomic mass is 16.5. The number of anilines is 2. The minimum atomic E-state index is 0.348. The highest BCUT2D eigenvalue weighted by Crippen LogP contribution is 2.40. The maximum absolute atomic E-state index is 6.23. The van der Waals surface area contributed by atoms with E-state index < -0.39 is 0 Å². The molecule has 3 rings (SSSR count). The Hall–Kier alpha value is -1.23. The van der Waals surface area contributed by atoms with Crippen LogP contribution in [-0.4, -0.2) is 28.5 Å². The normalized spacial score (nSPS) is 27.2. The number of nitrogens with one attached hydrogen (secondary N) is 1. The molecular weight excluding hydrogens is 240 g/mol. The Balaban J connectivity index is 1.79. The van der Waals surface area contributed by atoms with Crippen molar-refractivity contribution in [1.82, 2.24) is 9.78 Å². The van der Waals surface area contributed by atoms with Crippen LogP contribution in [-0.2, 0) is 11.8 Å². The molecule has 2 unspecified atom stereocenters. The van der Waals surface area contributed by atoms with Gasteiger partial charge in [-0.05, 0) is 31.1 Å². The van der Waals surface area contributed by atoms with Crippen molar-refractivity contribution < 1.29 is 4.74 Å². The van der Waals surface area contributed by atoms with Gasteiger partial charge in [-0.2, -0.15) is 5.10 Å². The Bertz CT molecular complexity index is 464. The Kier molecular flexibility index (Phi) is 3.17. The Morgan fingerprint density at radius 1 is 1.37 bits per heavy atom. The summed E-state index contributed by atoms with van der Waals surface area (Å²) < 4.78 is 7.73. The fraction of sp³-hybridized carbons (Fsp3) is 0.786. The van der Waals surface area contributed by atoms with Gasteiger partial charge in [-0.25, -0.2) is 0 Å². The average molecular weight is 264 g/mol. The summed E-state index contributed by atoms with van der Waals surface area (Å²) in [6.07, 6.45) is 4.03. The largest absolute Gasteiger partial charge is 0.394 e. The van der Waals surface area contributed by atoms with Crippen molar-refractivity contribution in [2.45, 2.75) is 51.2 Å². The van der Waals surface area contributed by atoms with Crippen LogP contribution in [0, 0.1) is 5.92 Å². The number of nitrogens with zero attached hydrogens (tertiary/aromatic N) is 2. The highest BCUT2D eigenvalue weighted by molar-refractivity contribution is 5.66. The first kappa shape index (κ1) is 12.8. The number of hydrogen-bond acceptors (Lipinski definition) is 4. The molecule has 1 saturated heterocycles. The van der Waals surface area contributed by atoms with Gasteiger partial charge in [0.2, 0.25) is 0 Å². The van der Waals surface area contributed by atoms with E-state index >= 15 is 0 Å². The Labute approximate surface area is 114 Å². The van der Waals surface area contributed by atoms with E-state index in [1.54, 1.807) is 0 Å². The van der Waals surface area contributed by atoms with E-state index in [0.717, 1.165) is 36.1 Å². The molecule has 0 bridgehead atoms. The van der Waals surface area contributed by atoms with Crippen LogP contribution in [0.5, 0.6) is 0 Å². The quantitative estimate of drug-likeness (QED) is 0.874. The molecule has 3 N–H and O–H groups in total. The molecule has 1 saturated carbocycles. The van der Waals surface area contributed by atoms with Crippen molar-refractivity contribution in [1.29, 1.82) is 0 Å². The summed E-state index contributed by atoms with van der Waals surface area (Å²) in [7, 11) is 1.95. The Morgan fingerprint density at radius 2 is 2.11 bits per heavy atom. The van der Waals surface area contributed by atoms with E-state index in [1.807, 2.05) is 11.7 Å². The summed E-state index contributed by atoms with van der Waals surface area (Å²) in [4.78, 5) is 0. The predicted octanol–water partition coefficient (Wildman–Crippen LogP) is 2.11. The van der Waals surface area contributed by atoms with Crippen LogP contribution >= 0.6 is 0 Å². The van der Waals surface area contributed by atoms with E-state index in [1.165, 1.54) is 12.8 Å². The highest BCUT2D eigenvalue weighted by Gasteiger charge is 2.41. The molecule has 5 heteroatoms. The summed E-state index contributed by atoms with van der Waals surface area (Å²) in [5, 5.41) is 8.10. The molecule has 2 fully saturated rings. The minimum absolute atomic E-state index is 0.348. The third-order valence-corrected chi connectivity index (χ3v) is 4.20. The number of hydrogen-bond donors (Lipinski definition) is 2. The summed E-state index contributed by atoms with van der Waals surface area (Å²) in [6.45, 7) is 5.09. The van der Waals surface area contributed by atoms with Crippen LogP contribution in [0.3, 0.4) is 0 Å². The monoisotopic (exact) mass is 264 g/mol. The van der Waals surface area contributed by atoms with Crippen LogP contribution in [0.15, 0.2) is 0 Å². The topological polar surface area (TPSA) is 65.1 Å². The van der Waals surface area contributed by atoms with Gasteiger partial charge in [0.05, 0.1) is 23.5 Å². The Morgan fingerprint density at radius 3 is 2.68 bits per heavy atom. The van der Waals surface area contributed by atoms with Crippen molar-refractivity contribution in [3.63, 3.8) is 0 Å². The van der Waals surface area contributed by atoms with Gasteiger partial charge >= 0.3 is 0 Å². The summed E-state index contributed by atoms with van der Waals surface area (Å²) in [6, 6.07) is 0.380. The number of nitrogen functional groups attached to an aromatic ring is 1. The molecule has 2 atom stereocenters. The molecule has 1 aliphatic carbocycles. The lowest BCUT2D eigenvalue weighted by Crippen LogP contribution is -2.32. The van der Waals surface area contributed by atoms with E-state index in [2.05, 4.69) is 24.3 Å². The fourth-order valence-electron chi connectivity index (χ4n) is 2.99. The second kappa shape index (κ2) is 4.71. The zero-order valence-corrected chi connectivity index (χ0v) is 12.0. The van der Waals surface area contributed by atoms with Crippen molar-refractivity contribution >= 4 is 11.5 Å². The molecule has 5 nitrogen and oxygen atoms in total. The molecule has 1 aromatic rings. The molecule has 0 aromatic carbocycles. The summed E-state index contributed by atoms with van der Waals surface area (Å²) in [5.74, 6) is 2.05. The van der Waals surface area contributed by atoms with Crippen LogP contribution in [0.25, 0.3) is 0 Å². The number of aryl methyl sites for hydroxylation is 1. The summed E-state index contributed by atoms with van der Waals surface area (Å²) >= 11 is 0. The second-order valence-electron chi connectivity index (χ2n) is 6.14. The molecule has 0 amide bonds. The molecule has 0 spiro atoms. The van der Waals surface area contributed by atoms with Gasteiger partial charge in [-0.15, -0.1) is 0 Å². The molecule has 2 heterocycles. The molecule has 106 valence electrons. The van der Waals surface area contributed by atoms with Gasteiger partial charge in [0.1, 0.15) is 5.82 Å². The first-order valence-electron chi connectivity index (χ1n) is 7.28. The third-order valence-electron chi connectivity index (χ3n) is 4.20. The van der Waals surface area contributed by atoms with Crippen molar-refractivity contribution in [3.05, 3.63) is 5.69 Å². The van der Waals surface area contributed by atoms with Gasteiger partial charge in [-0.1, -0.05) is 13.8 Å². The number of aromatic nitrogens is 2. The minimum Gasteiger partial charge on any atom is -0.394 e. The van der Waals surface area contributed by atoms with E-state index in [0.29, 0.717) is 18.1 Å². The maximum atomic E-state index is 6.23.